The monoisotopic (exact) mass is 363 g/mol. The van der Waals surface area contributed by atoms with Crippen molar-refractivity contribution in [1.29, 1.82) is 0 Å². The Balaban J connectivity index is 1.89. The van der Waals surface area contributed by atoms with Crippen LogP contribution in [0.4, 0.5) is 0 Å². The standard InChI is InChI=1S/C17H21N3O4S/c1-11-8-18-9-15-14(11)4-3-5-16(15)25(23,24)20-7-6-13(10-20)19-17(22)12(2)21/h3-5,8-9,12-13,21H,6-7,10H2,1-2H3,(H,19,22)/t12-,13-/m0/s1. The normalized spacial score (nSPS) is 19.9. The molecular weight excluding hydrogens is 342 g/mol. The lowest BCUT2D eigenvalue weighted by Gasteiger charge is -2.19. The number of carbonyl (C=O) groups excluding carboxylic acids is 1. The number of amides is 1. The second kappa shape index (κ2) is 6.70. The third-order valence-electron chi connectivity index (χ3n) is 4.46. The predicted molar refractivity (Wildman–Crippen MR) is 93.5 cm³/mol. The topological polar surface area (TPSA) is 99.6 Å². The molecule has 0 bridgehead atoms. The summed E-state index contributed by atoms with van der Waals surface area (Å²) >= 11 is 0. The van der Waals surface area contributed by atoms with Gasteiger partial charge in [0, 0.05) is 36.9 Å². The summed E-state index contributed by atoms with van der Waals surface area (Å²) in [7, 11) is -3.69. The zero-order valence-electron chi connectivity index (χ0n) is 14.1. The predicted octanol–water partition coefficient (Wildman–Crippen LogP) is 0.803. The maximum atomic E-state index is 13.1. The Morgan fingerprint density at radius 1 is 1.36 bits per heavy atom. The van der Waals surface area contributed by atoms with Gasteiger partial charge < -0.3 is 10.4 Å². The summed E-state index contributed by atoms with van der Waals surface area (Å²) in [6.07, 6.45) is 2.67. The van der Waals surface area contributed by atoms with E-state index in [4.69, 9.17) is 0 Å². The first-order valence-corrected chi connectivity index (χ1v) is 9.56. The van der Waals surface area contributed by atoms with Crippen LogP contribution in [0.2, 0.25) is 0 Å². The van der Waals surface area contributed by atoms with Gasteiger partial charge in [0.15, 0.2) is 0 Å². The van der Waals surface area contributed by atoms with Crippen molar-refractivity contribution in [3.8, 4) is 0 Å². The minimum atomic E-state index is -3.69. The van der Waals surface area contributed by atoms with E-state index in [1.807, 2.05) is 13.0 Å². The van der Waals surface area contributed by atoms with Crippen molar-refractivity contribution < 1.29 is 18.3 Å². The molecule has 1 aliphatic heterocycles. The summed E-state index contributed by atoms with van der Waals surface area (Å²) in [4.78, 5) is 15.9. The highest BCUT2D eigenvalue weighted by atomic mass is 32.2. The Morgan fingerprint density at radius 2 is 2.12 bits per heavy atom. The maximum Gasteiger partial charge on any atom is 0.248 e. The van der Waals surface area contributed by atoms with Crippen LogP contribution in [-0.4, -0.2) is 54.0 Å². The van der Waals surface area contributed by atoms with Crippen molar-refractivity contribution in [1.82, 2.24) is 14.6 Å². The molecule has 2 heterocycles. The van der Waals surface area contributed by atoms with Crippen LogP contribution in [0.1, 0.15) is 18.9 Å². The number of hydrogen-bond acceptors (Lipinski definition) is 5. The molecular formula is C17H21N3O4S. The largest absolute Gasteiger partial charge is 0.384 e. The van der Waals surface area contributed by atoms with Crippen LogP contribution in [0, 0.1) is 6.92 Å². The van der Waals surface area contributed by atoms with E-state index < -0.39 is 22.0 Å². The molecule has 1 aromatic carbocycles. The number of hydrogen-bond donors (Lipinski definition) is 2. The number of fused-ring (bicyclic) bond motifs is 1. The fourth-order valence-corrected chi connectivity index (χ4v) is 4.76. The van der Waals surface area contributed by atoms with Crippen molar-refractivity contribution >= 4 is 26.7 Å². The van der Waals surface area contributed by atoms with E-state index in [0.29, 0.717) is 18.4 Å². The van der Waals surface area contributed by atoms with Gasteiger partial charge in [-0.15, -0.1) is 0 Å². The Bertz CT molecular complexity index is 911. The molecule has 0 radical (unpaired) electrons. The molecule has 1 aromatic heterocycles. The van der Waals surface area contributed by atoms with E-state index in [0.717, 1.165) is 10.9 Å². The summed E-state index contributed by atoms with van der Waals surface area (Å²) in [6.45, 7) is 3.78. The van der Waals surface area contributed by atoms with E-state index in [1.165, 1.54) is 11.2 Å². The smallest absolute Gasteiger partial charge is 0.248 e. The first-order chi connectivity index (χ1) is 11.8. The maximum absolute atomic E-state index is 13.1. The number of nitrogens with zero attached hydrogens (tertiary/aromatic N) is 2. The van der Waals surface area contributed by atoms with Gasteiger partial charge in [0.05, 0.1) is 4.90 Å². The van der Waals surface area contributed by atoms with Crippen LogP contribution in [0.25, 0.3) is 10.8 Å². The van der Waals surface area contributed by atoms with Crippen molar-refractivity contribution in [2.24, 2.45) is 0 Å². The third-order valence-corrected chi connectivity index (χ3v) is 6.38. The van der Waals surface area contributed by atoms with Crippen molar-refractivity contribution in [3.63, 3.8) is 0 Å². The van der Waals surface area contributed by atoms with Crippen molar-refractivity contribution in [3.05, 3.63) is 36.2 Å². The number of aliphatic hydroxyl groups excluding tert-OH is 1. The molecule has 0 saturated carbocycles. The van der Waals surface area contributed by atoms with Gasteiger partial charge in [0.25, 0.3) is 0 Å². The number of nitrogens with one attached hydrogen (secondary N) is 1. The molecule has 1 amide bonds. The highest BCUT2D eigenvalue weighted by Crippen LogP contribution is 2.28. The van der Waals surface area contributed by atoms with Crippen molar-refractivity contribution in [2.45, 2.75) is 37.3 Å². The molecule has 0 spiro atoms. The van der Waals surface area contributed by atoms with Gasteiger partial charge in [-0.05, 0) is 37.3 Å². The average Bonchev–Trinajstić information content (AvgIpc) is 3.04. The Kier molecular flexibility index (Phi) is 4.77. The molecule has 1 saturated heterocycles. The summed E-state index contributed by atoms with van der Waals surface area (Å²) in [6, 6.07) is 4.89. The lowest BCUT2D eigenvalue weighted by atomic mass is 10.1. The molecule has 8 heteroatoms. The number of rotatable bonds is 4. The van der Waals surface area contributed by atoms with Gasteiger partial charge in [0.1, 0.15) is 6.10 Å². The Morgan fingerprint density at radius 3 is 2.84 bits per heavy atom. The molecule has 134 valence electrons. The van der Waals surface area contributed by atoms with Gasteiger partial charge in [0.2, 0.25) is 15.9 Å². The molecule has 2 N–H and O–H groups in total. The van der Waals surface area contributed by atoms with Crippen LogP contribution in [-0.2, 0) is 14.8 Å². The fraction of sp³-hybridized carbons (Fsp3) is 0.412. The molecule has 1 aliphatic rings. The second-order valence-electron chi connectivity index (χ2n) is 6.34. The number of aryl methyl sites for hydroxylation is 1. The molecule has 25 heavy (non-hydrogen) atoms. The summed E-state index contributed by atoms with van der Waals surface area (Å²) < 4.78 is 27.5. The highest BCUT2D eigenvalue weighted by Gasteiger charge is 2.34. The Labute approximate surface area is 146 Å². The molecule has 2 atom stereocenters. The van der Waals surface area contributed by atoms with Gasteiger partial charge in [-0.1, -0.05) is 12.1 Å². The molecule has 1 fully saturated rings. The number of aliphatic hydroxyl groups is 1. The number of carbonyl (C=O) groups is 1. The summed E-state index contributed by atoms with van der Waals surface area (Å²) in [5.74, 6) is -0.491. The van der Waals surface area contributed by atoms with Gasteiger partial charge in [-0.3, -0.25) is 9.78 Å². The van der Waals surface area contributed by atoms with Gasteiger partial charge in [-0.25, -0.2) is 8.42 Å². The molecule has 7 nitrogen and oxygen atoms in total. The van der Waals surface area contributed by atoms with Crippen LogP contribution in [0.15, 0.2) is 35.5 Å². The molecule has 0 unspecified atom stereocenters. The van der Waals surface area contributed by atoms with Crippen LogP contribution < -0.4 is 5.32 Å². The third kappa shape index (κ3) is 3.37. The van der Waals surface area contributed by atoms with E-state index in [2.05, 4.69) is 10.3 Å². The van der Waals surface area contributed by atoms with E-state index in [1.54, 1.807) is 24.5 Å². The minimum Gasteiger partial charge on any atom is -0.384 e. The zero-order chi connectivity index (χ0) is 18.2. The Hall–Kier alpha value is -2.03. The van der Waals surface area contributed by atoms with E-state index in [-0.39, 0.29) is 17.5 Å². The number of aromatic nitrogens is 1. The highest BCUT2D eigenvalue weighted by molar-refractivity contribution is 7.89. The van der Waals surface area contributed by atoms with Crippen LogP contribution in [0.3, 0.4) is 0 Å². The molecule has 0 aliphatic carbocycles. The van der Waals surface area contributed by atoms with Crippen LogP contribution in [0.5, 0.6) is 0 Å². The second-order valence-corrected chi connectivity index (χ2v) is 8.25. The van der Waals surface area contributed by atoms with Crippen molar-refractivity contribution in [2.75, 3.05) is 13.1 Å². The minimum absolute atomic E-state index is 0.191. The summed E-state index contributed by atoms with van der Waals surface area (Å²) in [5, 5.41) is 13.4. The van der Waals surface area contributed by atoms with Crippen LogP contribution >= 0.6 is 0 Å². The summed E-state index contributed by atoms with van der Waals surface area (Å²) in [5.41, 5.74) is 0.915. The first-order valence-electron chi connectivity index (χ1n) is 8.12. The van der Waals surface area contributed by atoms with Gasteiger partial charge in [-0.2, -0.15) is 4.31 Å². The van der Waals surface area contributed by atoms with E-state index >= 15 is 0 Å². The number of sulfonamides is 1. The van der Waals surface area contributed by atoms with E-state index in [9.17, 15) is 18.3 Å². The quantitative estimate of drug-likeness (QED) is 0.837. The lowest BCUT2D eigenvalue weighted by molar-refractivity contribution is -0.129. The zero-order valence-corrected chi connectivity index (χ0v) is 15.0. The molecule has 3 rings (SSSR count). The fourth-order valence-electron chi connectivity index (χ4n) is 3.06. The first kappa shape index (κ1) is 17.8. The molecule has 2 aromatic rings. The van der Waals surface area contributed by atoms with Gasteiger partial charge >= 0.3 is 0 Å². The number of pyridine rings is 1. The lowest BCUT2D eigenvalue weighted by Crippen LogP contribution is -2.42. The average molecular weight is 363 g/mol. The SMILES string of the molecule is Cc1cncc2c(S(=O)(=O)N3CC[C@H](NC(=O)[C@H](C)O)C3)cccc12. The number of benzene rings is 1.